The number of amides is 1. The molecule has 1 aromatic rings. The zero-order valence-electron chi connectivity index (χ0n) is 13.2. The number of hydrogen-bond acceptors (Lipinski definition) is 2. The van der Waals surface area contributed by atoms with E-state index in [4.69, 9.17) is 16.7 Å². The normalized spacial score (nSPS) is 11.2. The molecule has 0 bridgehead atoms. The SMILES string of the molecule is CCC(CC)(NC(=O)CCCCC(=O)O)c1ccc(Cl)cc1. The van der Waals surface area contributed by atoms with Crippen LogP contribution in [0.2, 0.25) is 5.02 Å². The van der Waals surface area contributed by atoms with Gasteiger partial charge in [-0.3, -0.25) is 9.59 Å². The summed E-state index contributed by atoms with van der Waals surface area (Å²) in [5.41, 5.74) is 0.648. The molecule has 1 rings (SSSR count). The third-order valence-corrected chi connectivity index (χ3v) is 4.28. The van der Waals surface area contributed by atoms with E-state index in [-0.39, 0.29) is 12.3 Å². The van der Waals surface area contributed by atoms with Gasteiger partial charge in [0.25, 0.3) is 0 Å². The predicted molar refractivity (Wildman–Crippen MR) is 88.0 cm³/mol. The van der Waals surface area contributed by atoms with Crippen molar-refractivity contribution in [2.24, 2.45) is 0 Å². The topological polar surface area (TPSA) is 66.4 Å². The molecule has 2 N–H and O–H groups in total. The molecule has 0 aromatic heterocycles. The van der Waals surface area contributed by atoms with E-state index in [2.05, 4.69) is 5.32 Å². The Morgan fingerprint density at radius 2 is 1.64 bits per heavy atom. The summed E-state index contributed by atoms with van der Waals surface area (Å²) in [6, 6.07) is 7.55. The zero-order chi connectivity index (χ0) is 16.6. The van der Waals surface area contributed by atoms with Crippen LogP contribution in [0.3, 0.4) is 0 Å². The summed E-state index contributed by atoms with van der Waals surface area (Å²) < 4.78 is 0. The quantitative estimate of drug-likeness (QED) is 0.671. The molecule has 0 aliphatic carbocycles. The van der Waals surface area contributed by atoms with Gasteiger partial charge in [-0.15, -0.1) is 0 Å². The monoisotopic (exact) mass is 325 g/mol. The van der Waals surface area contributed by atoms with Crippen molar-refractivity contribution < 1.29 is 14.7 Å². The van der Waals surface area contributed by atoms with Crippen molar-refractivity contribution in [3.8, 4) is 0 Å². The number of halogens is 1. The van der Waals surface area contributed by atoms with Crippen molar-refractivity contribution in [2.45, 2.75) is 57.9 Å². The maximum absolute atomic E-state index is 12.2. The number of rotatable bonds is 9. The molecular weight excluding hydrogens is 302 g/mol. The Kier molecular flexibility index (Phi) is 7.39. The molecule has 0 heterocycles. The van der Waals surface area contributed by atoms with Crippen LogP contribution in [0, 0.1) is 0 Å². The minimum absolute atomic E-state index is 0.0379. The van der Waals surface area contributed by atoms with E-state index in [9.17, 15) is 9.59 Å². The molecule has 0 spiro atoms. The van der Waals surface area contributed by atoms with Crippen molar-refractivity contribution in [2.75, 3.05) is 0 Å². The highest BCUT2D eigenvalue weighted by Gasteiger charge is 2.29. The van der Waals surface area contributed by atoms with Crippen LogP contribution >= 0.6 is 11.6 Å². The Labute approximate surface area is 136 Å². The summed E-state index contributed by atoms with van der Waals surface area (Å²) in [6.45, 7) is 4.09. The fourth-order valence-electron chi connectivity index (χ4n) is 2.57. The first-order valence-corrected chi connectivity index (χ1v) is 8.10. The molecule has 0 aliphatic heterocycles. The van der Waals surface area contributed by atoms with Gasteiger partial charge >= 0.3 is 5.97 Å². The number of nitrogens with one attached hydrogen (secondary N) is 1. The van der Waals surface area contributed by atoms with E-state index in [1.807, 2.05) is 38.1 Å². The van der Waals surface area contributed by atoms with Gasteiger partial charge in [0.1, 0.15) is 0 Å². The molecule has 1 aromatic carbocycles. The highest BCUT2D eigenvalue weighted by atomic mass is 35.5. The van der Waals surface area contributed by atoms with Gasteiger partial charge in [-0.25, -0.2) is 0 Å². The maximum atomic E-state index is 12.2. The lowest BCUT2D eigenvalue weighted by Crippen LogP contribution is -2.45. The number of hydrogen-bond donors (Lipinski definition) is 2. The van der Waals surface area contributed by atoms with E-state index in [0.717, 1.165) is 18.4 Å². The minimum atomic E-state index is -0.821. The van der Waals surface area contributed by atoms with E-state index in [1.165, 1.54) is 0 Å². The third-order valence-electron chi connectivity index (χ3n) is 4.03. The van der Waals surface area contributed by atoms with Crippen LogP contribution in [-0.4, -0.2) is 17.0 Å². The Morgan fingerprint density at radius 1 is 1.09 bits per heavy atom. The molecule has 0 fully saturated rings. The van der Waals surface area contributed by atoms with E-state index >= 15 is 0 Å². The fraction of sp³-hybridized carbons (Fsp3) is 0.529. The number of carbonyl (C=O) groups excluding carboxylic acids is 1. The summed E-state index contributed by atoms with van der Waals surface area (Å²) in [4.78, 5) is 22.6. The van der Waals surface area contributed by atoms with Crippen molar-refractivity contribution in [1.29, 1.82) is 0 Å². The van der Waals surface area contributed by atoms with Crippen LogP contribution in [0.4, 0.5) is 0 Å². The van der Waals surface area contributed by atoms with Crippen LogP contribution in [0.25, 0.3) is 0 Å². The molecule has 0 radical (unpaired) electrons. The number of carboxylic acid groups (broad SMARTS) is 1. The number of unbranched alkanes of at least 4 members (excludes halogenated alkanes) is 1. The average Bonchev–Trinajstić information content (AvgIpc) is 2.50. The lowest BCUT2D eigenvalue weighted by atomic mass is 9.84. The first-order chi connectivity index (χ1) is 10.4. The number of benzene rings is 1. The Balaban J connectivity index is 2.68. The molecule has 0 aliphatic rings. The maximum Gasteiger partial charge on any atom is 0.303 e. The molecule has 122 valence electrons. The highest BCUT2D eigenvalue weighted by molar-refractivity contribution is 6.30. The first kappa shape index (κ1) is 18.5. The number of carbonyl (C=O) groups is 2. The second-order valence-corrected chi connectivity index (χ2v) is 5.88. The van der Waals surface area contributed by atoms with Crippen LogP contribution in [0.15, 0.2) is 24.3 Å². The Bertz CT molecular complexity index is 495. The molecule has 4 nitrogen and oxygen atoms in total. The summed E-state index contributed by atoms with van der Waals surface area (Å²) >= 11 is 5.93. The van der Waals surface area contributed by atoms with Crippen molar-refractivity contribution in [3.05, 3.63) is 34.9 Å². The molecular formula is C17H24ClNO3. The molecule has 22 heavy (non-hydrogen) atoms. The summed E-state index contributed by atoms with van der Waals surface area (Å²) in [5.74, 6) is -0.859. The lowest BCUT2D eigenvalue weighted by molar-refractivity contribution is -0.137. The van der Waals surface area contributed by atoms with Gasteiger partial charge in [-0.05, 0) is 43.4 Å². The van der Waals surface area contributed by atoms with E-state index in [1.54, 1.807) is 0 Å². The molecule has 1 amide bonds. The third kappa shape index (κ3) is 5.34. The summed E-state index contributed by atoms with van der Waals surface area (Å²) in [5, 5.41) is 12.4. The molecule has 0 saturated heterocycles. The highest BCUT2D eigenvalue weighted by Crippen LogP contribution is 2.30. The van der Waals surface area contributed by atoms with Crippen LogP contribution in [-0.2, 0) is 15.1 Å². The second-order valence-electron chi connectivity index (χ2n) is 5.45. The van der Waals surface area contributed by atoms with Gasteiger partial charge in [0.2, 0.25) is 5.91 Å². The lowest BCUT2D eigenvalue weighted by Gasteiger charge is -2.33. The molecule has 0 saturated carbocycles. The molecule has 0 unspecified atom stereocenters. The standard InChI is InChI=1S/C17H24ClNO3/c1-3-17(4-2,13-9-11-14(18)12-10-13)19-15(20)7-5-6-8-16(21)22/h9-12H,3-8H2,1-2H3,(H,19,20)(H,21,22). The zero-order valence-corrected chi connectivity index (χ0v) is 13.9. The van der Waals surface area contributed by atoms with Gasteiger partial charge in [-0.1, -0.05) is 37.6 Å². The Hall–Kier alpha value is -1.55. The van der Waals surface area contributed by atoms with Crippen LogP contribution in [0.5, 0.6) is 0 Å². The van der Waals surface area contributed by atoms with E-state index in [0.29, 0.717) is 24.3 Å². The molecule has 5 heteroatoms. The van der Waals surface area contributed by atoms with Gasteiger partial charge < -0.3 is 10.4 Å². The number of carboxylic acids is 1. The van der Waals surface area contributed by atoms with Gasteiger partial charge in [0, 0.05) is 17.9 Å². The van der Waals surface area contributed by atoms with Crippen molar-refractivity contribution in [1.82, 2.24) is 5.32 Å². The smallest absolute Gasteiger partial charge is 0.303 e. The fourth-order valence-corrected chi connectivity index (χ4v) is 2.69. The van der Waals surface area contributed by atoms with Gasteiger partial charge in [0.05, 0.1) is 5.54 Å². The van der Waals surface area contributed by atoms with Crippen molar-refractivity contribution in [3.63, 3.8) is 0 Å². The predicted octanol–water partition coefficient (Wildman–Crippen LogP) is 4.12. The average molecular weight is 326 g/mol. The summed E-state index contributed by atoms with van der Waals surface area (Å²) in [6.07, 6.45) is 3.13. The van der Waals surface area contributed by atoms with Gasteiger partial charge in [-0.2, -0.15) is 0 Å². The van der Waals surface area contributed by atoms with E-state index < -0.39 is 11.5 Å². The van der Waals surface area contributed by atoms with Crippen LogP contribution < -0.4 is 5.32 Å². The number of aliphatic carboxylic acids is 1. The minimum Gasteiger partial charge on any atom is -0.481 e. The first-order valence-electron chi connectivity index (χ1n) is 7.72. The van der Waals surface area contributed by atoms with Crippen LogP contribution in [0.1, 0.15) is 57.9 Å². The second kappa shape index (κ2) is 8.79. The Morgan fingerprint density at radius 3 is 2.14 bits per heavy atom. The summed E-state index contributed by atoms with van der Waals surface area (Å²) in [7, 11) is 0. The largest absolute Gasteiger partial charge is 0.481 e. The molecule has 0 atom stereocenters. The van der Waals surface area contributed by atoms with Crippen molar-refractivity contribution >= 4 is 23.5 Å². The van der Waals surface area contributed by atoms with Gasteiger partial charge in [0.15, 0.2) is 0 Å².